The topological polar surface area (TPSA) is 81.0 Å². The van der Waals surface area contributed by atoms with Crippen molar-refractivity contribution in [3.8, 4) is 11.3 Å². The lowest BCUT2D eigenvalue weighted by atomic mass is 10.2. The molecule has 88 valence electrons. The van der Waals surface area contributed by atoms with Crippen LogP contribution in [0.1, 0.15) is 6.92 Å². The lowest BCUT2D eigenvalue weighted by Gasteiger charge is -2.05. The van der Waals surface area contributed by atoms with Crippen LogP contribution in [0.25, 0.3) is 11.3 Å². The number of nitro groups is 1. The van der Waals surface area contributed by atoms with Gasteiger partial charge in [0.1, 0.15) is 5.69 Å². The third kappa shape index (κ3) is 2.39. The number of nitrogens with one attached hydrogen (secondary N) is 1. The molecule has 0 bridgehead atoms. The van der Waals surface area contributed by atoms with Crippen molar-refractivity contribution in [1.29, 1.82) is 0 Å². The lowest BCUT2D eigenvalue weighted by molar-refractivity contribution is -0.380. The van der Waals surface area contributed by atoms with Gasteiger partial charge in [-0.05, 0) is 6.92 Å². The Labute approximate surface area is 102 Å². The van der Waals surface area contributed by atoms with E-state index in [1.807, 2.05) is 6.92 Å². The molecule has 0 unspecified atom stereocenters. The molecule has 0 radical (unpaired) electrons. The second kappa shape index (κ2) is 4.88. The molecule has 0 spiro atoms. The maximum atomic E-state index is 10.6. The SMILES string of the molecule is CCNc1nccnc1-c1csc([N+](=O)[O-])c1. The first-order valence-electron chi connectivity index (χ1n) is 5.00. The normalized spacial score (nSPS) is 10.2. The summed E-state index contributed by atoms with van der Waals surface area (Å²) in [6.45, 7) is 2.67. The van der Waals surface area contributed by atoms with Gasteiger partial charge in [0.2, 0.25) is 0 Å². The third-order valence-corrected chi connectivity index (χ3v) is 2.96. The van der Waals surface area contributed by atoms with Gasteiger partial charge in [-0.15, -0.1) is 0 Å². The van der Waals surface area contributed by atoms with Crippen molar-refractivity contribution >= 4 is 22.2 Å². The third-order valence-electron chi connectivity index (χ3n) is 2.08. The van der Waals surface area contributed by atoms with Gasteiger partial charge < -0.3 is 5.32 Å². The number of thiophene rings is 1. The number of aromatic nitrogens is 2. The lowest BCUT2D eigenvalue weighted by Crippen LogP contribution is -2.02. The van der Waals surface area contributed by atoms with Crippen LogP contribution in [0.5, 0.6) is 0 Å². The molecule has 0 saturated carbocycles. The summed E-state index contributed by atoms with van der Waals surface area (Å²) in [6, 6.07) is 1.51. The fourth-order valence-corrected chi connectivity index (χ4v) is 2.10. The summed E-state index contributed by atoms with van der Waals surface area (Å²) >= 11 is 1.08. The number of nitrogens with zero attached hydrogens (tertiary/aromatic N) is 3. The van der Waals surface area contributed by atoms with Gasteiger partial charge in [0, 0.05) is 35.9 Å². The van der Waals surface area contributed by atoms with Crippen LogP contribution in [-0.2, 0) is 0 Å². The van der Waals surface area contributed by atoms with Crippen LogP contribution in [0, 0.1) is 10.1 Å². The summed E-state index contributed by atoms with van der Waals surface area (Å²) < 4.78 is 0. The molecule has 0 aromatic carbocycles. The summed E-state index contributed by atoms with van der Waals surface area (Å²) in [6.07, 6.45) is 3.15. The molecular weight excluding hydrogens is 240 g/mol. The van der Waals surface area contributed by atoms with Crippen LogP contribution in [0.4, 0.5) is 10.8 Å². The molecule has 0 aliphatic carbocycles. The molecule has 0 saturated heterocycles. The van der Waals surface area contributed by atoms with Crippen LogP contribution in [0.3, 0.4) is 0 Å². The molecule has 6 nitrogen and oxygen atoms in total. The Morgan fingerprint density at radius 2 is 2.24 bits per heavy atom. The Bertz CT molecular complexity index is 541. The molecule has 1 N–H and O–H groups in total. The monoisotopic (exact) mass is 250 g/mol. The molecule has 0 aliphatic heterocycles. The minimum atomic E-state index is -0.405. The molecule has 0 amide bonds. The largest absolute Gasteiger partial charge is 0.369 e. The van der Waals surface area contributed by atoms with Crippen molar-refractivity contribution in [2.45, 2.75) is 6.92 Å². The number of anilines is 1. The average Bonchev–Trinajstić information content (AvgIpc) is 2.79. The van der Waals surface area contributed by atoms with E-state index in [0.717, 1.165) is 17.9 Å². The molecule has 0 atom stereocenters. The highest BCUT2D eigenvalue weighted by atomic mass is 32.1. The molecule has 2 aromatic heterocycles. The van der Waals surface area contributed by atoms with Crippen LogP contribution in [-0.4, -0.2) is 21.4 Å². The van der Waals surface area contributed by atoms with Crippen LogP contribution < -0.4 is 5.32 Å². The van der Waals surface area contributed by atoms with Crippen molar-refractivity contribution in [3.05, 3.63) is 34.0 Å². The maximum absolute atomic E-state index is 10.6. The minimum Gasteiger partial charge on any atom is -0.369 e. The van der Waals surface area contributed by atoms with Gasteiger partial charge in [0.05, 0.1) is 4.92 Å². The minimum absolute atomic E-state index is 0.105. The van der Waals surface area contributed by atoms with Crippen molar-refractivity contribution in [2.24, 2.45) is 0 Å². The summed E-state index contributed by atoms with van der Waals surface area (Å²) in [4.78, 5) is 18.6. The van der Waals surface area contributed by atoms with E-state index in [9.17, 15) is 10.1 Å². The summed E-state index contributed by atoms with van der Waals surface area (Å²) in [7, 11) is 0. The van der Waals surface area contributed by atoms with Gasteiger partial charge in [-0.3, -0.25) is 15.1 Å². The van der Waals surface area contributed by atoms with Gasteiger partial charge in [-0.25, -0.2) is 4.98 Å². The van der Waals surface area contributed by atoms with Crippen molar-refractivity contribution in [3.63, 3.8) is 0 Å². The first-order chi connectivity index (χ1) is 8.22. The van der Waals surface area contributed by atoms with Crippen LogP contribution in [0.15, 0.2) is 23.8 Å². The highest BCUT2D eigenvalue weighted by molar-refractivity contribution is 7.13. The second-order valence-corrected chi connectivity index (χ2v) is 4.10. The first-order valence-corrected chi connectivity index (χ1v) is 5.88. The number of hydrogen-bond donors (Lipinski definition) is 1. The van der Waals surface area contributed by atoms with E-state index in [4.69, 9.17) is 0 Å². The van der Waals surface area contributed by atoms with Gasteiger partial charge in [0.25, 0.3) is 0 Å². The Morgan fingerprint density at radius 3 is 2.88 bits per heavy atom. The zero-order valence-corrected chi connectivity index (χ0v) is 9.90. The number of hydrogen-bond acceptors (Lipinski definition) is 6. The number of rotatable bonds is 4. The van der Waals surface area contributed by atoms with E-state index in [2.05, 4.69) is 15.3 Å². The van der Waals surface area contributed by atoms with E-state index < -0.39 is 4.92 Å². The summed E-state index contributed by atoms with van der Waals surface area (Å²) in [5.74, 6) is 0.641. The zero-order valence-electron chi connectivity index (χ0n) is 9.08. The molecule has 17 heavy (non-hydrogen) atoms. The molecule has 2 aromatic rings. The van der Waals surface area contributed by atoms with E-state index in [0.29, 0.717) is 17.1 Å². The Hall–Kier alpha value is -2.02. The average molecular weight is 250 g/mol. The standard InChI is InChI=1S/C10H10N4O2S/c1-2-11-10-9(12-3-4-13-10)7-5-8(14(15)16)17-6-7/h3-6H,2H2,1H3,(H,11,13). The Balaban J connectivity index is 2.41. The fraction of sp³-hybridized carbons (Fsp3) is 0.200. The Kier molecular flexibility index (Phi) is 3.29. The smallest absolute Gasteiger partial charge is 0.324 e. The molecule has 0 aliphatic rings. The highest BCUT2D eigenvalue weighted by Gasteiger charge is 2.14. The predicted molar refractivity (Wildman–Crippen MR) is 66.2 cm³/mol. The molecular formula is C10H10N4O2S. The van der Waals surface area contributed by atoms with Crippen LogP contribution >= 0.6 is 11.3 Å². The van der Waals surface area contributed by atoms with E-state index in [1.165, 1.54) is 6.07 Å². The molecule has 7 heteroatoms. The molecule has 0 fully saturated rings. The van der Waals surface area contributed by atoms with Gasteiger partial charge in [-0.1, -0.05) is 11.3 Å². The van der Waals surface area contributed by atoms with E-state index >= 15 is 0 Å². The van der Waals surface area contributed by atoms with Gasteiger partial charge in [-0.2, -0.15) is 0 Å². The quantitative estimate of drug-likeness (QED) is 0.666. The second-order valence-electron chi connectivity index (χ2n) is 3.21. The molecule has 2 heterocycles. The highest BCUT2D eigenvalue weighted by Crippen LogP contribution is 2.31. The molecule has 2 rings (SSSR count). The van der Waals surface area contributed by atoms with Crippen molar-refractivity contribution in [2.75, 3.05) is 11.9 Å². The predicted octanol–water partition coefficient (Wildman–Crippen LogP) is 2.55. The first kappa shape index (κ1) is 11.5. The fourth-order valence-electron chi connectivity index (χ4n) is 1.39. The Morgan fingerprint density at radius 1 is 1.47 bits per heavy atom. The van der Waals surface area contributed by atoms with E-state index in [1.54, 1.807) is 17.8 Å². The van der Waals surface area contributed by atoms with Gasteiger partial charge in [0.15, 0.2) is 5.82 Å². The zero-order chi connectivity index (χ0) is 12.3. The van der Waals surface area contributed by atoms with Gasteiger partial charge >= 0.3 is 5.00 Å². The summed E-state index contributed by atoms with van der Waals surface area (Å²) in [5, 5.41) is 15.5. The van der Waals surface area contributed by atoms with E-state index in [-0.39, 0.29) is 5.00 Å². The van der Waals surface area contributed by atoms with Crippen molar-refractivity contribution < 1.29 is 4.92 Å². The maximum Gasteiger partial charge on any atom is 0.324 e. The van der Waals surface area contributed by atoms with Crippen molar-refractivity contribution in [1.82, 2.24) is 9.97 Å². The summed E-state index contributed by atoms with van der Waals surface area (Å²) in [5.41, 5.74) is 1.35. The van der Waals surface area contributed by atoms with Crippen LogP contribution in [0.2, 0.25) is 0 Å².